The summed E-state index contributed by atoms with van der Waals surface area (Å²) in [7, 11) is 0. The highest BCUT2D eigenvalue weighted by molar-refractivity contribution is 5.87. The average molecular weight is 353 g/mol. The minimum atomic E-state index is -1.29. The molecule has 1 aromatic carbocycles. The number of pyridine rings is 1. The Balaban J connectivity index is 1.96. The van der Waals surface area contributed by atoms with Crippen molar-refractivity contribution in [1.29, 1.82) is 0 Å². The molecule has 0 amide bonds. The molecule has 0 bridgehead atoms. The van der Waals surface area contributed by atoms with Gasteiger partial charge in [-0.15, -0.1) is 0 Å². The summed E-state index contributed by atoms with van der Waals surface area (Å²) in [6.07, 6.45) is 3.45. The van der Waals surface area contributed by atoms with Crippen molar-refractivity contribution >= 4 is 5.97 Å². The number of nitrogens with one attached hydrogen (secondary N) is 1. The van der Waals surface area contributed by atoms with Gasteiger partial charge in [-0.3, -0.25) is 9.89 Å². The fraction of sp³-hybridized carbons (Fsp3) is 0.211. The van der Waals surface area contributed by atoms with Gasteiger partial charge in [0.2, 0.25) is 5.43 Å². The first kappa shape index (κ1) is 17.5. The Hall–Kier alpha value is -3.35. The van der Waals surface area contributed by atoms with Crippen LogP contribution in [0.3, 0.4) is 0 Å². The smallest absolute Gasteiger partial charge is 0.341 e. The molecular weight excluding hydrogens is 334 g/mol. The summed E-state index contributed by atoms with van der Waals surface area (Å²) in [5, 5.41) is 16.4. The lowest BCUT2D eigenvalue weighted by atomic mass is 10.1. The number of benzene rings is 1. The van der Waals surface area contributed by atoms with E-state index in [9.17, 15) is 14.7 Å². The van der Waals surface area contributed by atoms with Gasteiger partial charge in [-0.05, 0) is 32.0 Å². The predicted octanol–water partition coefficient (Wildman–Crippen LogP) is 3.17. The van der Waals surface area contributed by atoms with Crippen LogP contribution in [-0.2, 0) is 6.42 Å². The zero-order valence-electron chi connectivity index (χ0n) is 14.5. The third-order valence-corrected chi connectivity index (χ3v) is 3.99. The molecule has 2 heterocycles. The second-order valence-electron chi connectivity index (χ2n) is 6.13. The first-order chi connectivity index (χ1) is 12.4. The minimum Gasteiger partial charge on any atom is -0.477 e. The van der Waals surface area contributed by atoms with E-state index in [1.807, 2.05) is 26.0 Å². The number of nitrogens with zero attached hydrogens (tertiary/aromatic N) is 2. The highest BCUT2D eigenvalue weighted by Gasteiger charge is 2.18. The Morgan fingerprint density at radius 2 is 2.04 bits per heavy atom. The monoisotopic (exact) mass is 353 g/mol. The number of aromatic carboxylic acids is 1. The number of ether oxygens (including phenoxy) is 1. The molecule has 0 saturated carbocycles. The number of carboxylic acid groups (broad SMARTS) is 1. The molecule has 3 aromatic rings. The predicted molar refractivity (Wildman–Crippen MR) is 95.9 cm³/mol. The molecule has 1 atom stereocenters. The van der Waals surface area contributed by atoms with Crippen LogP contribution in [-0.4, -0.2) is 25.8 Å². The molecule has 26 heavy (non-hydrogen) atoms. The van der Waals surface area contributed by atoms with Gasteiger partial charge in [0.25, 0.3) is 0 Å². The highest BCUT2D eigenvalue weighted by Crippen LogP contribution is 2.21. The maximum atomic E-state index is 12.4. The molecule has 0 fully saturated rings. The van der Waals surface area contributed by atoms with Crippen molar-refractivity contribution in [2.75, 3.05) is 0 Å². The van der Waals surface area contributed by atoms with Crippen molar-refractivity contribution in [3.05, 3.63) is 76.0 Å². The standard InChI is InChI=1S/C19H19N3O4/c1-12-8-14(21-20-12)9-13(2)22-10-16(19(24)25)18(23)17(11-22)26-15-6-4-3-5-7-15/h3-8,10-11,13H,9H2,1-2H3,(H,20,21)(H,24,25)/t13-/m1/s1. The maximum Gasteiger partial charge on any atom is 0.341 e. The molecule has 0 unspecified atom stereocenters. The molecule has 2 aromatic heterocycles. The third-order valence-electron chi connectivity index (χ3n) is 3.99. The van der Waals surface area contributed by atoms with Crippen LogP contribution in [0.4, 0.5) is 0 Å². The Bertz CT molecular complexity index is 976. The Morgan fingerprint density at radius 1 is 1.31 bits per heavy atom. The summed E-state index contributed by atoms with van der Waals surface area (Å²) in [5.41, 5.74) is 0.825. The Kier molecular flexibility index (Phi) is 4.88. The first-order valence-corrected chi connectivity index (χ1v) is 8.17. The van der Waals surface area contributed by atoms with Crippen LogP contribution in [0.2, 0.25) is 0 Å². The van der Waals surface area contributed by atoms with Crippen LogP contribution in [0.1, 0.15) is 34.7 Å². The van der Waals surface area contributed by atoms with Gasteiger partial charge in [0.15, 0.2) is 5.75 Å². The van der Waals surface area contributed by atoms with Gasteiger partial charge in [0, 0.05) is 24.4 Å². The summed E-state index contributed by atoms with van der Waals surface area (Å²) in [5.74, 6) is -0.847. The lowest BCUT2D eigenvalue weighted by molar-refractivity contribution is 0.0694. The average Bonchev–Trinajstić information content (AvgIpc) is 3.02. The van der Waals surface area contributed by atoms with Gasteiger partial charge in [-0.25, -0.2) is 4.79 Å². The van der Waals surface area contributed by atoms with Crippen molar-refractivity contribution in [3.8, 4) is 11.5 Å². The van der Waals surface area contributed by atoms with Crippen molar-refractivity contribution < 1.29 is 14.6 Å². The Morgan fingerprint density at radius 3 is 2.65 bits per heavy atom. The molecule has 0 aliphatic rings. The number of aromatic amines is 1. The number of carbonyl (C=O) groups is 1. The lowest BCUT2D eigenvalue weighted by Crippen LogP contribution is -2.21. The lowest BCUT2D eigenvalue weighted by Gasteiger charge is -2.17. The third kappa shape index (κ3) is 3.83. The summed E-state index contributed by atoms with van der Waals surface area (Å²) >= 11 is 0. The zero-order chi connectivity index (χ0) is 18.7. The number of hydrogen-bond donors (Lipinski definition) is 2. The second kappa shape index (κ2) is 7.26. The molecule has 2 N–H and O–H groups in total. The van der Waals surface area contributed by atoms with Gasteiger partial charge in [0.05, 0.1) is 11.9 Å². The van der Waals surface area contributed by atoms with Gasteiger partial charge < -0.3 is 14.4 Å². The van der Waals surface area contributed by atoms with E-state index in [1.54, 1.807) is 28.8 Å². The van der Waals surface area contributed by atoms with E-state index >= 15 is 0 Å². The summed E-state index contributed by atoms with van der Waals surface area (Å²) in [4.78, 5) is 23.9. The topological polar surface area (TPSA) is 97.2 Å². The summed E-state index contributed by atoms with van der Waals surface area (Å²) in [6, 6.07) is 10.6. The fourth-order valence-corrected chi connectivity index (χ4v) is 2.65. The normalized spacial score (nSPS) is 11.9. The van der Waals surface area contributed by atoms with Crippen molar-refractivity contribution in [2.45, 2.75) is 26.3 Å². The molecule has 0 aliphatic carbocycles. The molecular formula is C19H19N3O4. The van der Waals surface area contributed by atoms with Crippen molar-refractivity contribution in [3.63, 3.8) is 0 Å². The number of rotatable bonds is 6. The van der Waals surface area contributed by atoms with Gasteiger partial charge in [-0.1, -0.05) is 18.2 Å². The van der Waals surface area contributed by atoms with E-state index in [2.05, 4.69) is 10.2 Å². The molecule has 0 saturated heterocycles. The molecule has 0 aliphatic heterocycles. The molecule has 134 valence electrons. The second-order valence-corrected chi connectivity index (χ2v) is 6.13. The van der Waals surface area contributed by atoms with Crippen LogP contribution in [0.5, 0.6) is 11.5 Å². The maximum absolute atomic E-state index is 12.4. The van der Waals surface area contributed by atoms with E-state index in [-0.39, 0.29) is 17.4 Å². The highest BCUT2D eigenvalue weighted by atomic mass is 16.5. The number of carboxylic acids is 1. The summed E-state index contributed by atoms with van der Waals surface area (Å²) < 4.78 is 7.30. The van der Waals surface area contributed by atoms with E-state index in [4.69, 9.17) is 4.74 Å². The number of aryl methyl sites for hydroxylation is 1. The SMILES string of the molecule is Cc1cc(C[C@@H](C)n2cc(Oc3ccccc3)c(=O)c(C(=O)O)c2)n[nH]1. The zero-order valence-corrected chi connectivity index (χ0v) is 14.5. The van der Waals surface area contributed by atoms with Crippen LogP contribution in [0.15, 0.2) is 53.6 Å². The first-order valence-electron chi connectivity index (χ1n) is 8.17. The quantitative estimate of drug-likeness (QED) is 0.709. The van der Waals surface area contributed by atoms with Crippen LogP contribution in [0.25, 0.3) is 0 Å². The fourth-order valence-electron chi connectivity index (χ4n) is 2.65. The molecule has 7 heteroatoms. The number of hydrogen-bond acceptors (Lipinski definition) is 4. The van der Waals surface area contributed by atoms with E-state index < -0.39 is 11.4 Å². The number of aromatic nitrogens is 3. The van der Waals surface area contributed by atoms with E-state index in [0.717, 1.165) is 11.4 Å². The van der Waals surface area contributed by atoms with E-state index in [1.165, 1.54) is 12.4 Å². The molecule has 3 rings (SSSR count). The number of para-hydroxylation sites is 1. The Labute approximate surface area is 149 Å². The summed E-state index contributed by atoms with van der Waals surface area (Å²) in [6.45, 7) is 3.83. The van der Waals surface area contributed by atoms with Crippen molar-refractivity contribution in [2.24, 2.45) is 0 Å². The largest absolute Gasteiger partial charge is 0.477 e. The van der Waals surface area contributed by atoms with Gasteiger partial charge >= 0.3 is 5.97 Å². The van der Waals surface area contributed by atoms with E-state index in [0.29, 0.717) is 12.2 Å². The minimum absolute atomic E-state index is 0.0267. The molecule has 0 radical (unpaired) electrons. The van der Waals surface area contributed by atoms with Crippen LogP contribution >= 0.6 is 0 Å². The van der Waals surface area contributed by atoms with Gasteiger partial charge in [-0.2, -0.15) is 5.10 Å². The van der Waals surface area contributed by atoms with Crippen LogP contribution < -0.4 is 10.2 Å². The molecule has 0 spiro atoms. The van der Waals surface area contributed by atoms with Crippen molar-refractivity contribution in [1.82, 2.24) is 14.8 Å². The number of H-pyrrole nitrogens is 1. The molecule has 7 nitrogen and oxygen atoms in total. The van der Waals surface area contributed by atoms with Gasteiger partial charge in [0.1, 0.15) is 11.3 Å². The van der Waals surface area contributed by atoms with Crippen LogP contribution in [0, 0.1) is 6.92 Å².